The molecule has 2 aromatic carbocycles. The first-order valence-electron chi connectivity index (χ1n) is 10.6. The van der Waals surface area contributed by atoms with Gasteiger partial charge in [-0.3, -0.25) is 14.7 Å². The zero-order valence-corrected chi connectivity index (χ0v) is 17.5. The van der Waals surface area contributed by atoms with Crippen molar-refractivity contribution in [1.82, 2.24) is 20.7 Å². The molecule has 1 saturated carbocycles. The van der Waals surface area contributed by atoms with E-state index in [2.05, 4.69) is 57.1 Å². The van der Waals surface area contributed by atoms with Crippen LogP contribution < -0.4 is 5.32 Å². The van der Waals surface area contributed by atoms with E-state index in [0.717, 1.165) is 29.5 Å². The average molecular weight is 418 g/mol. The molecule has 0 saturated heterocycles. The van der Waals surface area contributed by atoms with Crippen LogP contribution >= 0.6 is 0 Å². The zero-order valence-electron chi connectivity index (χ0n) is 17.5. The number of benzene rings is 2. The lowest BCUT2D eigenvalue weighted by Gasteiger charge is -2.23. The van der Waals surface area contributed by atoms with Crippen LogP contribution in [0.25, 0.3) is 11.1 Å². The maximum Gasteiger partial charge on any atom is 0.312 e. The highest BCUT2D eigenvalue weighted by atomic mass is 16.5. The summed E-state index contributed by atoms with van der Waals surface area (Å²) in [6, 6.07) is 18.3. The van der Waals surface area contributed by atoms with Crippen LogP contribution in [0.5, 0.6) is 0 Å². The normalized spacial score (nSPS) is 15.1. The fourth-order valence-electron chi connectivity index (χ4n) is 3.89. The van der Waals surface area contributed by atoms with Crippen LogP contribution in [0.4, 0.5) is 0 Å². The molecular weight excluding hydrogens is 392 g/mol. The third-order valence-electron chi connectivity index (χ3n) is 5.74. The Kier molecular flexibility index (Phi) is 6.11. The molecule has 160 valence electrons. The van der Waals surface area contributed by atoms with Gasteiger partial charge in [0.2, 0.25) is 0 Å². The van der Waals surface area contributed by atoms with Gasteiger partial charge in [-0.2, -0.15) is 0 Å². The summed E-state index contributed by atoms with van der Waals surface area (Å²) >= 11 is 0. The van der Waals surface area contributed by atoms with Gasteiger partial charge in [0.1, 0.15) is 5.69 Å². The second-order valence-corrected chi connectivity index (χ2v) is 8.01. The van der Waals surface area contributed by atoms with Crippen LogP contribution in [0.3, 0.4) is 0 Å². The van der Waals surface area contributed by atoms with Crippen LogP contribution in [-0.4, -0.2) is 39.9 Å². The van der Waals surface area contributed by atoms with Crippen molar-refractivity contribution in [2.75, 3.05) is 6.61 Å². The molecule has 31 heavy (non-hydrogen) atoms. The Balaban J connectivity index is 1.50. The van der Waals surface area contributed by atoms with Crippen molar-refractivity contribution in [3.05, 3.63) is 72.1 Å². The van der Waals surface area contributed by atoms with E-state index >= 15 is 0 Å². The summed E-state index contributed by atoms with van der Waals surface area (Å²) in [7, 11) is 0. The largest absolute Gasteiger partial charge is 0.466 e. The first kappa shape index (κ1) is 20.8. The van der Waals surface area contributed by atoms with Crippen LogP contribution in [-0.2, 0) is 16.0 Å². The standard InChI is InChI=1S/C24H26N4O3/c1-2-31-23(30)24(12-13-24)15-20(26-22(29)21-16-25-28-27-21)14-17-8-10-19(11-9-17)18-6-4-3-5-7-18/h3-11,16,20H,2,12-15H2,1H3,(H,26,29)(H,25,27,28). The number of H-pyrrole nitrogens is 1. The van der Waals surface area contributed by atoms with E-state index in [1.54, 1.807) is 0 Å². The fraction of sp³-hybridized carbons (Fsp3) is 0.333. The summed E-state index contributed by atoms with van der Waals surface area (Å²) in [6.45, 7) is 2.17. The third kappa shape index (κ3) is 4.99. The molecule has 1 aromatic heterocycles. The molecule has 0 aliphatic heterocycles. The van der Waals surface area contributed by atoms with Gasteiger partial charge in [-0.1, -0.05) is 59.8 Å². The molecule has 4 rings (SSSR count). The van der Waals surface area contributed by atoms with Crippen LogP contribution in [0.2, 0.25) is 0 Å². The number of hydrogen-bond acceptors (Lipinski definition) is 5. The summed E-state index contributed by atoms with van der Waals surface area (Å²) in [5.74, 6) is -0.451. The summed E-state index contributed by atoms with van der Waals surface area (Å²) in [6.07, 6.45) is 4.12. The first-order valence-corrected chi connectivity index (χ1v) is 10.6. The number of aromatic amines is 1. The van der Waals surface area contributed by atoms with Gasteiger partial charge in [-0.15, -0.1) is 5.10 Å². The minimum atomic E-state index is -0.496. The first-order chi connectivity index (χ1) is 15.1. The van der Waals surface area contributed by atoms with Gasteiger partial charge < -0.3 is 10.1 Å². The summed E-state index contributed by atoms with van der Waals surface area (Å²) in [4.78, 5) is 25.1. The monoisotopic (exact) mass is 418 g/mol. The van der Waals surface area contributed by atoms with Crippen molar-refractivity contribution in [3.63, 3.8) is 0 Å². The van der Waals surface area contributed by atoms with E-state index in [-0.39, 0.29) is 17.9 Å². The van der Waals surface area contributed by atoms with E-state index in [0.29, 0.717) is 25.1 Å². The lowest BCUT2D eigenvalue weighted by Crippen LogP contribution is -2.40. The molecule has 1 fully saturated rings. The molecular formula is C24H26N4O3. The highest BCUT2D eigenvalue weighted by Crippen LogP contribution is 2.51. The molecule has 1 aliphatic carbocycles. The van der Waals surface area contributed by atoms with Crippen molar-refractivity contribution < 1.29 is 14.3 Å². The number of carbonyl (C=O) groups excluding carboxylic acids is 2. The number of ether oxygens (including phenoxy) is 1. The molecule has 0 bridgehead atoms. The van der Waals surface area contributed by atoms with Crippen molar-refractivity contribution in [2.45, 2.75) is 38.6 Å². The topological polar surface area (TPSA) is 97.0 Å². The van der Waals surface area contributed by atoms with Gasteiger partial charge in [-0.25, -0.2) is 0 Å². The van der Waals surface area contributed by atoms with Crippen LogP contribution in [0, 0.1) is 5.41 Å². The van der Waals surface area contributed by atoms with Gasteiger partial charge in [0, 0.05) is 6.04 Å². The molecule has 1 heterocycles. The van der Waals surface area contributed by atoms with Crippen molar-refractivity contribution in [2.24, 2.45) is 5.41 Å². The molecule has 3 aromatic rings. The molecule has 1 unspecified atom stereocenters. The van der Waals surface area contributed by atoms with Gasteiger partial charge in [0.05, 0.1) is 18.2 Å². The minimum Gasteiger partial charge on any atom is -0.466 e. The van der Waals surface area contributed by atoms with Gasteiger partial charge in [-0.05, 0) is 49.3 Å². The SMILES string of the molecule is CCOC(=O)C1(CC(Cc2ccc(-c3ccccc3)cc2)NC(=O)c2cnn[nH]2)CC1. The molecule has 1 amide bonds. The molecule has 7 nitrogen and oxygen atoms in total. The van der Waals surface area contributed by atoms with Crippen LogP contribution in [0.1, 0.15) is 42.2 Å². The number of esters is 1. The highest BCUT2D eigenvalue weighted by molar-refractivity contribution is 5.92. The summed E-state index contributed by atoms with van der Waals surface area (Å²) < 4.78 is 5.28. The average Bonchev–Trinajstić information content (AvgIpc) is 3.35. The van der Waals surface area contributed by atoms with E-state index in [1.807, 2.05) is 25.1 Å². The van der Waals surface area contributed by atoms with E-state index in [4.69, 9.17) is 4.74 Å². The predicted molar refractivity (Wildman–Crippen MR) is 116 cm³/mol. The Morgan fingerprint density at radius 1 is 1.10 bits per heavy atom. The number of nitrogens with zero attached hydrogens (tertiary/aromatic N) is 2. The molecule has 1 aliphatic rings. The number of carbonyl (C=O) groups is 2. The van der Waals surface area contributed by atoms with Crippen molar-refractivity contribution in [1.29, 1.82) is 0 Å². The summed E-state index contributed by atoms with van der Waals surface area (Å²) in [5.41, 5.74) is 3.19. The second kappa shape index (κ2) is 9.12. The predicted octanol–water partition coefficient (Wildman–Crippen LogP) is 3.55. The molecule has 1 atom stereocenters. The van der Waals surface area contributed by atoms with E-state index in [9.17, 15) is 9.59 Å². The van der Waals surface area contributed by atoms with Gasteiger partial charge in [0.15, 0.2) is 0 Å². The van der Waals surface area contributed by atoms with Crippen molar-refractivity contribution in [3.8, 4) is 11.1 Å². The smallest absolute Gasteiger partial charge is 0.312 e. The molecule has 0 spiro atoms. The van der Waals surface area contributed by atoms with E-state index in [1.165, 1.54) is 6.20 Å². The maximum absolute atomic E-state index is 12.6. The second-order valence-electron chi connectivity index (χ2n) is 8.01. The Morgan fingerprint density at radius 3 is 2.42 bits per heavy atom. The summed E-state index contributed by atoms with van der Waals surface area (Å²) in [5, 5.41) is 12.9. The fourth-order valence-corrected chi connectivity index (χ4v) is 3.89. The number of aromatic nitrogens is 3. The van der Waals surface area contributed by atoms with Crippen LogP contribution in [0.15, 0.2) is 60.8 Å². The lowest BCUT2D eigenvalue weighted by molar-refractivity contribution is -0.150. The number of hydrogen-bond donors (Lipinski definition) is 2. The Labute approximate surface area is 181 Å². The Bertz CT molecular complexity index is 1010. The third-order valence-corrected chi connectivity index (χ3v) is 5.74. The molecule has 2 N–H and O–H groups in total. The van der Waals surface area contributed by atoms with Crippen molar-refractivity contribution >= 4 is 11.9 Å². The highest BCUT2D eigenvalue weighted by Gasteiger charge is 2.52. The maximum atomic E-state index is 12.6. The van der Waals surface area contributed by atoms with Gasteiger partial charge in [0.25, 0.3) is 5.91 Å². The number of nitrogens with one attached hydrogen (secondary N) is 2. The van der Waals surface area contributed by atoms with Gasteiger partial charge >= 0.3 is 5.97 Å². The Morgan fingerprint density at radius 2 is 1.81 bits per heavy atom. The quantitative estimate of drug-likeness (QED) is 0.518. The lowest BCUT2D eigenvalue weighted by atomic mass is 9.92. The Hall–Kier alpha value is -3.48. The zero-order chi connectivity index (χ0) is 21.7. The number of amides is 1. The molecule has 7 heteroatoms. The molecule has 0 radical (unpaired) electrons. The number of rotatable bonds is 9. The van der Waals surface area contributed by atoms with E-state index < -0.39 is 5.41 Å². The minimum absolute atomic E-state index is 0.170.